The first-order valence-electron chi connectivity index (χ1n) is 27.4. The van der Waals surface area contributed by atoms with Crippen LogP contribution in [0.3, 0.4) is 0 Å². The molecule has 0 bridgehead atoms. The van der Waals surface area contributed by atoms with E-state index in [4.69, 9.17) is 9.05 Å². The molecule has 0 spiro atoms. The van der Waals surface area contributed by atoms with Crippen molar-refractivity contribution in [3.63, 3.8) is 0 Å². The Morgan fingerprint density at radius 1 is 0.538 bits per heavy atom. The summed E-state index contributed by atoms with van der Waals surface area (Å²) in [4.78, 5) is 40.1. The number of carbonyl (C=O) groups is 2. The lowest BCUT2D eigenvalue weighted by Crippen LogP contribution is -2.49. The third kappa shape index (κ3) is 40.4. The van der Waals surface area contributed by atoms with E-state index in [1.165, 1.54) is 103 Å². The lowest BCUT2D eigenvalue weighted by atomic mass is 9.76. The number of likely N-dealkylation sites (N-methyl/N-ethyl adjacent to an activating group) is 1. The van der Waals surface area contributed by atoms with Gasteiger partial charge in [0.1, 0.15) is 30.3 Å². The van der Waals surface area contributed by atoms with E-state index in [-0.39, 0.29) is 24.5 Å². The van der Waals surface area contributed by atoms with Crippen LogP contribution in [0.2, 0.25) is 0 Å². The average Bonchev–Trinajstić information content (AvgIpc) is 3.26. The molecule has 0 aromatic carbocycles. The molecule has 0 heterocycles. The Labute approximate surface area is 402 Å². The van der Waals surface area contributed by atoms with Gasteiger partial charge in [-0.25, -0.2) is 4.57 Å². The summed E-state index contributed by atoms with van der Waals surface area (Å²) in [5.74, 6) is -1.55. The second-order valence-corrected chi connectivity index (χ2v) is 21.8. The van der Waals surface area contributed by atoms with E-state index in [1.807, 2.05) is 21.1 Å². The maximum Gasteiger partial charge on any atom is 0.472 e. The summed E-state index contributed by atoms with van der Waals surface area (Å²) in [5, 5.41) is 19.2. The number of hydrogen-bond acceptors (Lipinski definition) is 7. The van der Waals surface area contributed by atoms with Crippen molar-refractivity contribution in [3.8, 4) is 0 Å². The van der Waals surface area contributed by atoms with Crippen molar-refractivity contribution in [2.24, 2.45) is 11.8 Å². The van der Waals surface area contributed by atoms with Crippen LogP contribution in [0, 0.1) is 11.8 Å². The number of phosphoric ester groups is 1. The number of Topliss-reactive ketones (excluding diaryl/α,β-unsaturated/α-hetero) is 2. The second kappa shape index (κ2) is 44.0. The second-order valence-electron chi connectivity index (χ2n) is 20.4. The number of aliphatic hydroxyl groups is 2. The molecule has 9 nitrogen and oxygen atoms in total. The van der Waals surface area contributed by atoms with Gasteiger partial charge in [0, 0.05) is 18.8 Å². The van der Waals surface area contributed by atoms with Crippen LogP contribution in [-0.4, -0.2) is 84.3 Å². The van der Waals surface area contributed by atoms with Gasteiger partial charge in [-0.05, 0) is 70.6 Å². The predicted octanol–water partition coefficient (Wildman–Crippen LogP) is 15.1. The molecule has 0 fully saturated rings. The number of aliphatic hydroxyl groups excluding tert-OH is 2. The number of ketones is 2. The fourth-order valence-corrected chi connectivity index (χ4v) is 9.79. The van der Waals surface area contributed by atoms with E-state index in [2.05, 4.69) is 45.1 Å². The first kappa shape index (κ1) is 63.8. The number of unbranched alkanes of at least 4 members (excludes halogenated alkanes) is 28. The van der Waals surface area contributed by atoms with Crippen LogP contribution in [0.25, 0.3) is 0 Å². The Kier molecular flexibility index (Phi) is 43.2. The highest BCUT2D eigenvalue weighted by atomic mass is 31.2. The summed E-state index contributed by atoms with van der Waals surface area (Å²) in [6, 6.07) is 0. The fourth-order valence-electron chi connectivity index (χ4n) is 8.83. The third-order valence-corrected chi connectivity index (χ3v) is 13.8. The Bertz CT molecular complexity index is 1200. The molecular weight excluding hydrogens is 834 g/mol. The number of phosphoric acid groups is 1. The fraction of sp³-hybridized carbons (Fsp3) is 0.891. The van der Waals surface area contributed by atoms with Gasteiger partial charge in [-0.1, -0.05) is 193 Å². The van der Waals surface area contributed by atoms with Crippen LogP contribution in [0.15, 0.2) is 24.3 Å². The van der Waals surface area contributed by atoms with Crippen molar-refractivity contribution in [2.45, 2.75) is 264 Å². The predicted molar refractivity (Wildman–Crippen MR) is 275 cm³/mol. The first-order chi connectivity index (χ1) is 31.3. The maximum absolute atomic E-state index is 14.6. The summed E-state index contributed by atoms with van der Waals surface area (Å²) in [7, 11) is 1.05. The maximum atomic E-state index is 14.6. The van der Waals surface area contributed by atoms with Crippen LogP contribution in [0.1, 0.15) is 252 Å². The number of nitrogens with zero attached hydrogens (tertiary/aromatic N) is 1. The molecule has 0 aliphatic heterocycles. The monoisotopic (exact) mass is 941 g/mol. The lowest BCUT2D eigenvalue weighted by Gasteiger charge is -2.36. The molecule has 0 saturated heterocycles. The number of allylic oxidation sites excluding steroid dienone is 4. The molecule has 0 radical (unpaired) electrons. The molecule has 0 saturated carbocycles. The normalized spacial score (nSPS) is 15.2. The van der Waals surface area contributed by atoms with Gasteiger partial charge in [-0.3, -0.25) is 18.6 Å². The molecule has 5 unspecified atom stereocenters. The zero-order chi connectivity index (χ0) is 48.3. The molecule has 0 rings (SSSR count). The Balaban J connectivity index is 5.83. The summed E-state index contributed by atoms with van der Waals surface area (Å²) in [6.07, 6.45) is 46.0. The van der Waals surface area contributed by atoms with Crippen LogP contribution in [0.4, 0.5) is 0 Å². The van der Waals surface area contributed by atoms with Crippen LogP contribution in [-0.2, 0) is 23.2 Å². The van der Waals surface area contributed by atoms with E-state index >= 15 is 0 Å². The van der Waals surface area contributed by atoms with Crippen molar-refractivity contribution in [1.29, 1.82) is 0 Å². The van der Waals surface area contributed by atoms with Crippen molar-refractivity contribution >= 4 is 19.4 Å². The zero-order valence-electron chi connectivity index (χ0n) is 43.5. The standard InChI is InChI=1S/C55H106NO8P/c1-7-10-13-16-19-21-23-25-27-29-31-33-36-39-42-45-52(59)51(44-41-38-35-18-15-12-9-3)55(54(47-56(4,5)6)64-65(61,62)63-49-50(58)48-57)53(60)46-43-40-37-34-32-30-28-26-24-22-20-17-14-11-8-2/h25-28,50-51,54-55,57-58H,7-24,29-49H2,1-6H3/p+1/b27-25-,28-26-. The summed E-state index contributed by atoms with van der Waals surface area (Å²) in [5.41, 5.74) is 0. The van der Waals surface area contributed by atoms with E-state index in [0.717, 1.165) is 103 Å². The van der Waals surface area contributed by atoms with Gasteiger partial charge in [-0.2, -0.15) is 0 Å². The van der Waals surface area contributed by atoms with Gasteiger partial charge in [0.05, 0.1) is 40.3 Å². The molecule has 0 aliphatic rings. The molecule has 3 N–H and O–H groups in total. The smallest absolute Gasteiger partial charge is 0.394 e. The highest BCUT2D eigenvalue weighted by Gasteiger charge is 2.44. The molecule has 10 heteroatoms. The van der Waals surface area contributed by atoms with Gasteiger partial charge in [0.2, 0.25) is 0 Å². The quantitative estimate of drug-likeness (QED) is 0.0238. The van der Waals surface area contributed by atoms with Gasteiger partial charge in [0.15, 0.2) is 0 Å². The molecule has 0 aliphatic carbocycles. The molecule has 65 heavy (non-hydrogen) atoms. The van der Waals surface area contributed by atoms with Gasteiger partial charge in [-0.15, -0.1) is 0 Å². The molecule has 0 amide bonds. The lowest BCUT2D eigenvalue weighted by molar-refractivity contribution is -0.873. The summed E-state index contributed by atoms with van der Waals surface area (Å²) < 4.78 is 24.9. The van der Waals surface area contributed by atoms with Crippen molar-refractivity contribution in [2.75, 3.05) is 40.9 Å². The average molecular weight is 941 g/mol. The van der Waals surface area contributed by atoms with Crippen molar-refractivity contribution < 1.29 is 42.8 Å². The van der Waals surface area contributed by atoms with E-state index in [1.54, 1.807) is 0 Å². The summed E-state index contributed by atoms with van der Waals surface area (Å²) >= 11 is 0. The topological polar surface area (TPSA) is 130 Å². The number of quaternary nitrogens is 1. The van der Waals surface area contributed by atoms with E-state index < -0.39 is 45.1 Å². The molecular formula is C55H107NO8P+. The molecule has 384 valence electrons. The van der Waals surface area contributed by atoms with Crippen LogP contribution >= 0.6 is 7.82 Å². The Morgan fingerprint density at radius 3 is 1.28 bits per heavy atom. The van der Waals surface area contributed by atoms with Crippen LogP contribution < -0.4 is 0 Å². The largest absolute Gasteiger partial charge is 0.472 e. The molecule has 0 aromatic heterocycles. The van der Waals surface area contributed by atoms with Crippen molar-refractivity contribution in [1.82, 2.24) is 0 Å². The minimum atomic E-state index is -4.78. The highest BCUT2D eigenvalue weighted by molar-refractivity contribution is 7.47. The number of rotatable bonds is 50. The van der Waals surface area contributed by atoms with Gasteiger partial charge < -0.3 is 19.6 Å². The van der Waals surface area contributed by atoms with Gasteiger partial charge >= 0.3 is 7.82 Å². The minimum absolute atomic E-state index is 0.0518. The number of carbonyl (C=O) groups excluding carboxylic acids is 2. The summed E-state index contributed by atoms with van der Waals surface area (Å²) in [6.45, 7) is 5.71. The zero-order valence-corrected chi connectivity index (χ0v) is 44.4. The Hall–Kier alpha value is -1.19. The number of hydrogen-bond donors (Lipinski definition) is 3. The van der Waals surface area contributed by atoms with Crippen molar-refractivity contribution in [3.05, 3.63) is 24.3 Å². The minimum Gasteiger partial charge on any atom is -0.394 e. The van der Waals surface area contributed by atoms with Gasteiger partial charge in [0.25, 0.3) is 0 Å². The third-order valence-electron chi connectivity index (χ3n) is 12.7. The first-order valence-corrected chi connectivity index (χ1v) is 28.9. The Morgan fingerprint density at radius 2 is 0.892 bits per heavy atom. The molecule has 0 aromatic rings. The van der Waals surface area contributed by atoms with Crippen LogP contribution in [0.5, 0.6) is 0 Å². The van der Waals surface area contributed by atoms with E-state index in [9.17, 15) is 29.3 Å². The highest BCUT2D eigenvalue weighted by Crippen LogP contribution is 2.47. The molecule has 5 atom stereocenters. The SMILES string of the molecule is CCCCCCCC/C=C\CCCCCCCC(=O)C(CCCCCCCCC)C(C(=O)CCCCCCC/C=C\CCCCCCCC)C(C[N+](C)(C)C)OP(=O)(O)OCC(O)CO. The van der Waals surface area contributed by atoms with E-state index in [0.29, 0.717) is 23.7 Å².